The summed E-state index contributed by atoms with van der Waals surface area (Å²) in [5.74, 6) is 1.95. The summed E-state index contributed by atoms with van der Waals surface area (Å²) in [6.07, 6.45) is 8.88. The lowest BCUT2D eigenvalue weighted by molar-refractivity contribution is -0.143. The van der Waals surface area contributed by atoms with E-state index in [1.54, 1.807) is 0 Å². The Bertz CT molecular complexity index is 863. The highest BCUT2D eigenvalue weighted by Gasteiger charge is 2.43. The minimum absolute atomic E-state index is 0.0718. The molecule has 2 aromatic rings. The maximum Gasteiger partial charge on any atom is 0.225 e. The van der Waals surface area contributed by atoms with E-state index in [2.05, 4.69) is 15.6 Å². The third-order valence-corrected chi connectivity index (χ3v) is 6.44. The normalized spacial score (nSPS) is 22.2. The van der Waals surface area contributed by atoms with Gasteiger partial charge >= 0.3 is 0 Å². The molecule has 3 heterocycles. The first-order valence-electron chi connectivity index (χ1n) is 9.87. The number of amides is 1. The lowest BCUT2D eigenvalue weighted by atomic mass is 9.77. The Morgan fingerprint density at radius 1 is 1.19 bits per heavy atom. The number of nitrogens with zero attached hydrogens (tertiary/aromatic N) is 3. The van der Waals surface area contributed by atoms with Crippen LogP contribution >= 0.6 is 0 Å². The van der Waals surface area contributed by atoms with Crippen LogP contribution in [-0.2, 0) is 11.2 Å². The van der Waals surface area contributed by atoms with E-state index in [1.807, 2.05) is 35.5 Å². The van der Waals surface area contributed by atoms with E-state index in [9.17, 15) is 9.90 Å². The van der Waals surface area contributed by atoms with Crippen molar-refractivity contribution in [1.29, 1.82) is 0 Å². The maximum absolute atomic E-state index is 12.6. The van der Waals surface area contributed by atoms with E-state index >= 15 is 0 Å². The fourth-order valence-electron chi connectivity index (χ4n) is 4.58. The Morgan fingerprint density at radius 3 is 2.70 bits per heavy atom. The third-order valence-electron chi connectivity index (χ3n) is 6.44. The number of hydrogen-bond acceptors (Lipinski definition) is 4. The lowest BCUT2D eigenvalue weighted by Gasteiger charge is -2.43. The molecule has 1 amide bonds. The number of aromatic nitrogens is 2. The van der Waals surface area contributed by atoms with E-state index in [-0.39, 0.29) is 17.9 Å². The Morgan fingerprint density at radius 2 is 1.96 bits per heavy atom. The second kappa shape index (κ2) is 6.09. The summed E-state index contributed by atoms with van der Waals surface area (Å²) < 4.78 is 8.64. The number of carbonyl (C=O) groups excluding carboxylic acids is 1. The fourth-order valence-corrected chi connectivity index (χ4v) is 4.58. The highest BCUT2D eigenvalue weighted by atomic mass is 16.5. The number of rotatable bonds is 2. The van der Waals surface area contributed by atoms with Gasteiger partial charge in [-0.3, -0.25) is 4.79 Å². The molecule has 0 bridgehead atoms. The summed E-state index contributed by atoms with van der Waals surface area (Å²) >= 11 is 0. The van der Waals surface area contributed by atoms with Crippen LogP contribution < -0.4 is 4.74 Å². The van der Waals surface area contributed by atoms with Gasteiger partial charge in [-0.05, 0) is 31.4 Å². The summed E-state index contributed by atoms with van der Waals surface area (Å²) in [7, 11) is 0. The minimum atomic E-state index is -0.755. The van der Waals surface area contributed by atoms with Gasteiger partial charge in [0.2, 0.25) is 5.91 Å². The van der Waals surface area contributed by atoms with Crippen molar-refractivity contribution in [3.8, 4) is 11.4 Å². The number of benzene rings is 1. The zero-order valence-corrected chi connectivity index (χ0v) is 15.4. The molecule has 1 aromatic heterocycles. The summed E-state index contributed by atoms with van der Waals surface area (Å²) in [5.41, 5.74) is -0.0678. The SMILES string of the molecule is O=C(CC1(O)CCC1)N1CCC2(CC1)Cc1nccn1-c1ccccc1O2. The van der Waals surface area contributed by atoms with Crippen LogP contribution in [0.4, 0.5) is 0 Å². The van der Waals surface area contributed by atoms with Crippen LogP contribution in [0, 0.1) is 0 Å². The molecule has 3 aliphatic rings. The number of fused-ring (bicyclic) bond motifs is 3. The van der Waals surface area contributed by atoms with Gasteiger partial charge in [0, 0.05) is 44.7 Å². The molecule has 0 unspecified atom stereocenters. The van der Waals surface area contributed by atoms with E-state index in [1.165, 1.54) is 0 Å². The van der Waals surface area contributed by atoms with Crippen molar-refractivity contribution >= 4 is 5.91 Å². The molecule has 2 fully saturated rings. The van der Waals surface area contributed by atoms with E-state index in [0.29, 0.717) is 13.1 Å². The topological polar surface area (TPSA) is 67.6 Å². The van der Waals surface area contributed by atoms with Crippen molar-refractivity contribution in [1.82, 2.24) is 14.5 Å². The molecule has 0 atom stereocenters. The quantitative estimate of drug-likeness (QED) is 0.885. The van der Waals surface area contributed by atoms with Crippen LogP contribution in [0.3, 0.4) is 0 Å². The summed E-state index contributed by atoms with van der Waals surface area (Å²) in [5, 5.41) is 10.3. The van der Waals surface area contributed by atoms with E-state index in [4.69, 9.17) is 4.74 Å². The first-order chi connectivity index (χ1) is 13.1. The van der Waals surface area contributed by atoms with Crippen LogP contribution in [0.2, 0.25) is 0 Å². The first-order valence-corrected chi connectivity index (χ1v) is 9.87. The molecule has 142 valence electrons. The highest BCUT2D eigenvalue weighted by molar-refractivity contribution is 5.77. The number of aliphatic hydroxyl groups is 1. The zero-order chi connectivity index (χ0) is 18.5. The third kappa shape index (κ3) is 2.92. The average molecular weight is 367 g/mol. The summed E-state index contributed by atoms with van der Waals surface area (Å²) in [6, 6.07) is 8.07. The molecule has 1 spiro atoms. The molecule has 27 heavy (non-hydrogen) atoms. The first kappa shape index (κ1) is 16.8. The van der Waals surface area contributed by atoms with Crippen LogP contribution in [0.5, 0.6) is 5.75 Å². The number of para-hydroxylation sites is 2. The lowest BCUT2D eigenvalue weighted by Crippen LogP contribution is -2.52. The summed E-state index contributed by atoms with van der Waals surface area (Å²) in [6.45, 7) is 1.33. The smallest absolute Gasteiger partial charge is 0.225 e. The van der Waals surface area contributed by atoms with Gasteiger partial charge < -0.3 is 19.3 Å². The standard InChI is InChI=1S/C21H25N3O3/c25-19(15-20(26)6-3-7-20)23-11-8-21(9-12-23)14-18-22-10-13-24(18)16-4-1-2-5-17(16)27-21/h1-2,4-5,10,13,26H,3,6-9,11-12,14-15H2. The van der Waals surface area contributed by atoms with Crippen molar-refractivity contribution in [3.05, 3.63) is 42.5 Å². The number of piperidine rings is 1. The largest absolute Gasteiger partial charge is 0.484 e. The summed E-state index contributed by atoms with van der Waals surface area (Å²) in [4.78, 5) is 19.1. The van der Waals surface area contributed by atoms with E-state index in [0.717, 1.165) is 55.8 Å². The molecule has 1 N–H and O–H groups in total. The molecule has 5 rings (SSSR count). The Kier molecular flexibility index (Phi) is 3.79. The number of imidazole rings is 1. The van der Waals surface area contributed by atoms with Crippen LogP contribution in [0.15, 0.2) is 36.7 Å². The van der Waals surface area contributed by atoms with E-state index < -0.39 is 5.60 Å². The van der Waals surface area contributed by atoms with Crippen molar-refractivity contribution in [2.75, 3.05) is 13.1 Å². The Hall–Kier alpha value is -2.34. The predicted molar refractivity (Wildman–Crippen MR) is 99.9 cm³/mol. The van der Waals surface area contributed by atoms with Gasteiger partial charge in [0.1, 0.15) is 17.2 Å². The molecule has 0 radical (unpaired) electrons. The molecular formula is C21H25N3O3. The van der Waals surface area contributed by atoms with Gasteiger partial charge in [-0.15, -0.1) is 0 Å². The minimum Gasteiger partial charge on any atom is -0.484 e. The number of carbonyl (C=O) groups is 1. The Balaban J connectivity index is 1.34. The molecule has 6 nitrogen and oxygen atoms in total. The zero-order valence-electron chi connectivity index (χ0n) is 15.4. The second-order valence-corrected chi connectivity index (χ2v) is 8.28. The molecule has 6 heteroatoms. The van der Waals surface area contributed by atoms with Gasteiger partial charge in [0.25, 0.3) is 0 Å². The maximum atomic E-state index is 12.6. The number of ether oxygens (including phenoxy) is 1. The van der Waals surface area contributed by atoms with Crippen LogP contribution in [0.1, 0.15) is 44.3 Å². The molecule has 1 aromatic carbocycles. The van der Waals surface area contributed by atoms with Crippen LogP contribution in [0.25, 0.3) is 5.69 Å². The number of hydrogen-bond donors (Lipinski definition) is 1. The molecule has 1 saturated carbocycles. The fraction of sp³-hybridized carbons (Fsp3) is 0.524. The van der Waals surface area contributed by atoms with Gasteiger partial charge in [-0.25, -0.2) is 4.98 Å². The monoisotopic (exact) mass is 367 g/mol. The van der Waals surface area contributed by atoms with Crippen molar-refractivity contribution in [3.63, 3.8) is 0 Å². The van der Waals surface area contributed by atoms with Gasteiger partial charge in [0.05, 0.1) is 17.7 Å². The highest BCUT2D eigenvalue weighted by Crippen LogP contribution is 2.39. The Labute approximate surface area is 158 Å². The number of likely N-dealkylation sites (tertiary alicyclic amines) is 1. The van der Waals surface area contributed by atoms with Gasteiger partial charge in [-0.1, -0.05) is 12.1 Å². The molecule has 1 aliphatic carbocycles. The van der Waals surface area contributed by atoms with Crippen molar-refractivity contribution in [2.45, 2.75) is 56.1 Å². The van der Waals surface area contributed by atoms with Crippen molar-refractivity contribution < 1.29 is 14.6 Å². The molecular weight excluding hydrogens is 342 g/mol. The average Bonchev–Trinajstić information content (AvgIpc) is 3.04. The van der Waals surface area contributed by atoms with Gasteiger partial charge in [0.15, 0.2) is 0 Å². The van der Waals surface area contributed by atoms with Crippen LogP contribution in [-0.4, -0.2) is 49.8 Å². The second-order valence-electron chi connectivity index (χ2n) is 8.28. The van der Waals surface area contributed by atoms with Crippen molar-refractivity contribution in [2.24, 2.45) is 0 Å². The predicted octanol–water partition coefficient (Wildman–Crippen LogP) is 2.47. The molecule has 2 aliphatic heterocycles. The molecule has 1 saturated heterocycles. The van der Waals surface area contributed by atoms with Gasteiger partial charge in [-0.2, -0.15) is 0 Å².